The predicted molar refractivity (Wildman–Crippen MR) is 94.9 cm³/mol. The zero-order valence-corrected chi connectivity index (χ0v) is 15.5. The summed E-state index contributed by atoms with van der Waals surface area (Å²) in [6.07, 6.45) is -13.4. The van der Waals surface area contributed by atoms with Crippen LogP contribution in [-0.2, 0) is 10.9 Å². The van der Waals surface area contributed by atoms with Gasteiger partial charge in [0.1, 0.15) is 18.5 Å². The number of halogens is 6. The van der Waals surface area contributed by atoms with E-state index in [1.54, 1.807) is 0 Å². The highest BCUT2D eigenvalue weighted by atomic mass is 19.4. The van der Waals surface area contributed by atoms with Crippen molar-refractivity contribution in [2.75, 3.05) is 18.1 Å². The molecule has 0 amide bonds. The fourth-order valence-corrected chi connectivity index (χ4v) is 3.06. The van der Waals surface area contributed by atoms with Crippen LogP contribution in [0.3, 0.4) is 0 Å². The van der Waals surface area contributed by atoms with E-state index in [1.165, 1.54) is 30.3 Å². The average molecular weight is 441 g/mol. The van der Waals surface area contributed by atoms with Gasteiger partial charge in [0.25, 0.3) is 0 Å². The van der Waals surface area contributed by atoms with E-state index in [-0.39, 0.29) is 18.8 Å². The van der Waals surface area contributed by atoms with Crippen LogP contribution >= 0.6 is 0 Å². The Bertz CT molecular complexity index is 1020. The number of nitriles is 2. The standard InChI is InChI=1S/C20H13F6N3O2/c21-19(22,23)17-7-14(4-3-13(17)9-28)29-10-16(31-18(29)20(24,25)26)11-30-15-5-1-12(8-27)2-6-15/h1-7,16,18H,10-11H2. The van der Waals surface area contributed by atoms with Gasteiger partial charge in [0.2, 0.25) is 6.23 Å². The molecule has 5 nitrogen and oxygen atoms in total. The van der Waals surface area contributed by atoms with Crippen molar-refractivity contribution in [2.45, 2.75) is 24.7 Å². The van der Waals surface area contributed by atoms with Crippen LogP contribution in [0, 0.1) is 22.7 Å². The van der Waals surface area contributed by atoms with Gasteiger partial charge in [-0.3, -0.25) is 0 Å². The fourth-order valence-electron chi connectivity index (χ4n) is 3.06. The Morgan fingerprint density at radius 3 is 2.23 bits per heavy atom. The number of hydrogen-bond acceptors (Lipinski definition) is 5. The van der Waals surface area contributed by atoms with E-state index in [9.17, 15) is 26.3 Å². The van der Waals surface area contributed by atoms with Gasteiger partial charge in [-0.25, -0.2) is 0 Å². The minimum absolute atomic E-state index is 0.294. The van der Waals surface area contributed by atoms with Crippen molar-refractivity contribution in [1.29, 1.82) is 10.5 Å². The quantitative estimate of drug-likeness (QED) is 0.648. The summed E-state index contributed by atoms with van der Waals surface area (Å²) in [5.74, 6) is 0.294. The highest BCUT2D eigenvalue weighted by Crippen LogP contribution is 2.39. The molecule has 2 aromatic carbocycles. The maximum absolute atomic E-state index is 13.5. The highest BCUT2D eigenvalue weighted by molar-refractivity contribution is 5.56. The summed E-state index contributed by atoms with van der Waals surface area (Å²) < 4.78 is 90.5. The van der Waals surface area contributed by atoms with Crippen molar-refractivity contribution in [3.8, 4) is 17.9 Å². The normalized spacial score (nSPS) is 19.0. The van der Waals surface area contributed by atoms with Gasteiger partial charge in [-0.15, -0.1) is 0 Å². The van der Waals surface area contributed by atoms with Crippen molar-refractivity contribution in [2.24, 2.45) is 0 Å². The lowest BCUT2D eigenvalue weighted by Gasteiger charge is -2.27. The molecule has 1 heterocycles. The maximum atomic E-state index is 13.5. The first-order valence-electron chi connectivity index (χ1n) is 8.76. The molecular formula is C20H13F6N3O2. The lowest BCUT2D eigenvalue weighted by atomic mass is 10.1. The first-order valence-corrected chi connectivity index (χ1v) is 8.76. The van der Waals surface area contributed by atoms with Crippen LogP contribution in [0.2, 0.25) is 0 Å². The molecule has 3 rings (SSSR count). The monoisotopic (exact) mass is 441 g/mol. The summed E-state index contributed by atoms with van der Waals surface area (Å²) in [5.41, 5.74) is -2.03. The molecule has 162 valence electrons. The Balaban J connectivity index is 1.82. The van der Waals surface area contributed by atoms with Gasteiger partial charge in [-0.2, -0.15) is 36.9 Å². The SMILES string of the molecule is N#Cc1ccc(OCC2CN(c3ccc(C#N)c(C(F)(F)F)c3)C(C(F)(F)F)O2)cc1. The number of benzene rings is 2. The van der Waals surface area contributed by atoms with Gasteiger partial charge in [0.15, 0.2) is 0 Å². The predicted octanol–water partition coefficient (Wildman–Crippen LogP) is 4.62. The molecule has 0 radical (unpaired) electrons. The average Bonchev–Trinajstić information content (AvgIpc) is 3.16. The molecule has 0 aromatic heterocycles. The minimum Gasteiger partial charge on any atom is -0.491 e. The molecule has 1 aliphatic heterocycles. The number of ether oxygens (including phenoxy) is 2. The van der Waals surface area contributed by atoms with Crippen LogP contribution in [0.25, 0.3) is 0 Å². The molecule has 1 aliphatic rings. The van der Waals surface area contributed by atoms with E-state index in [2.05, 4.69) is 0 Å². The Hall–Kier alpha value is -3.44. The molecule has 1 saturated heterocycles. The maximum Gasteiger partial charge on any atom is 0.433 e. The summed E-state index contributed by atoms with van der Waals surface area (Å²) in [7, 11) is 0. The number of anilines is 1. The molecule has 0 aliphatic carbocycles. The molecule has 0 N–H and O–H groups in total. The van der Waals surface area contributed by atoms with Gasteiger partial charge in [0.05, 0.1) is 35.4 Å². The van der Waals surface area contributed by atoms with Crippen molar-refractivity contribution in [1.82, 2.24) is 0 Å². The minimum atomic E-state index is -4.91. The second-order valence-corrected chi connectivity index (χ2v) is 6.59. The summed E-state index contributed by atoms with van der Waals surface area (Å²) in [6.45, 7) is -0.680. The van der Waals surface area contributed by atoms with E-state index in [0.29, 0.717) is 22.3 Å². The molecule has 0 spiro atoms. The van der Waals surface area contributed by atoms with E-state index < -0.39 is 35.8 Å². The molecule has 11 heteroatoms. The number of alkyl halides is 6. The number of rotatable bonds is 4. The first kappa shape index (κ1) is 22.2. The van der Waals surface area contributed by atoms with E-state index >= 15 is 0 Å². The highest BCUT2D eigenvalue weighted by Gasteiger charge is 2.51. The smallest absolute Gasteiger partial charge is 0.433 e. The lowest BCUT2D eigenvalue weighted by molar-refractivity contribution is -0.215. The second kappa shape index (κ2) is 8.36. The molecule has 2 unspecified atom stereocenters. The second-order valence-electron chi connectivity index (χ2n) is 6.59. The topological polar surface area (TPSA) is 69.3 Å². The summed E-state index contributed by atoms with van der Waals surface area (Å²) in [5, 5.41) is 17.6. The third kappa shape index (κ3) is 5.01. The number of nitrogens with zero attached hydrogens (tertiary/aromatic N) is 3. The van der Waals surface area contributed by atoms with Crippen LogP contribution in [0.15, 0.2) is 42.5 Å². The molecule has 0 bridgehead atoms. The van der Waals surface area contributed by atoms with Crippen molar-refractivity contribution in [3.63, 3.8) is 0 Å². The zero-order valence-electron chi connectivity index (χ0n) is 15.5. The van der Waals surface area contributed by atoms with Crippen molar-refractivity contribution >= 4 is 5.69 Å². The van der Waals surface area contributed by atoms with Crippen LogP contribution in [0.4, 0.5) is 32.0 Å². The van der Waals surface area contributed by atoms with Gasteiger partial charge >= 0.3 is 12.4 Å². The van der Waals surface area contributed by atoms with Gasteiger partial charge < -0.3 is 14.4 Å². The number of hydrogen-bond donors (Lipinski definition) is 0. The molecule has 2 atom stereocenters. The van der Waals surface area contributed by atoms with Crippen LogP contribution < -0.4 is 9.64 Å². The Kier molecular flexibility index (Phi) is 6.00. The first-order chi connectivity index (χ1) is 14.5. The summed E-state index contributed by atoms with van der Waals surface area (Å²) in [6, 6.07) is 11.5. The molecule has 0 saturated carbocycles. The molecular weight excluding hydrogens is 428 g/mol. The van der Waals surface area contributed by atoms with Crippen molar-refractivity contribution < 1.29 is 35.8 Å². The third-order valence-corrected chi connectivity index (χ3v) is 4.46. The lowest BCUT2D eigenvalue weighted by Crippen LogP contribution is -2.42. The van der Waals surface area contributed by atoms with E-state index in [0.717, 1.165) is 12.1 Å². The largest absolute Gasteiger partial charge is 0.491 e. The fraction of sp³-hybridized carbons (Fsp3) is 0.300. The van der Waals surface area contributed by atoms with Crippen LogP contribution in [0.1, 0.15) is 16.7 Å². The van der Waals surface area contributed by atoms with Crippen molar-refractivity contribution in [3.05, 3.63) is 59.2 Å². The third-order valence-electron chi connectivity index (χ3n) is 4.46. The van der Waals surface area contributed by atoms with Crippen LogP contribution in [-0.4, -0.2) is 31.7 Å². The van der Waals surface area contributed by atoms with E-state index in [1.807, 2.05) is 6.07 Å². The molecule has 31 heavy (non-hydrogen) atoms. The summed E-state index contributed by atoms with van der Waals surface area (Å²) in [4.78, 5) is 0.656. The van der Waals surface area contributed by atoms with Gasteiger partial charge in [-0.05, 0) is 42.5 Å². The van der Waals surface area contributed by atoms with Gasteiger partial charge in [-0.1, -0.05) is 0 Å². The molecule has 2 aromatic rings. The Labute approximate surface area is 172 Å². The Morgan fingerprint density at radius 2 is 1.68 bits per heavy atom. The summed E-state index contributed by atoms with van der Waals surface area (Å²) >= 11 is 0. The van der Waals surface area contributed by atoms with Gasteiger partial charge in [0, 0.05) is 5.69 Å². The van der Waals surface area contributed by atoms with Crippen LogP contribution in [0.5, 0.6) is 5.75 Å². The Morgan fingerprint density at radius 1 is 1.00 bits per heavy atom. The zero-order chi connectivity index (χ0) is 22.8. The van der Waals surface area contributed by atoms with E-state index in [4.69, 9.17) is 20.0 Å². The molecule has 1 fully saturated rings.